The van der Waals surface area contributed by atoms with Gasteiger partial charge in [0.1, 0.15) is 5.52 Å². The lowest BCUT2D eigenvalue weighted by molar-refractivity contribution is 0.0600. The van der Waals surface area contributed by atoms with Gasteiger partial charge in [0.25, 0.3) is 0 Å². The molecule has 2 rings (SSSR count). The molecule has 0 saturated heterocycles. The van der Waals surface area contributed by atoms with Crippen molar-refractivity contribution < 1.29 is 23.6 Å². The fourth-order valence-electron chi connectivity index (χ4n) is 1.98. The third-order valence-corrected chi connectivity index (χ3v) is 2.89. The molecule has 1 heterocycles. The lowest BCUT2D eigenvalue weighted by Crippen LogP contribution is -2.09. The molecule has 0 unspecified atom stereocenters. The molecule has 0 radical (unpaired) electrons. The van der Waals surface area contributed by atoms with Crippen LogP contribution in [0, 0.1) is 0 Å². The van der Waals surface area contributed by atoms with Crippen molar-refractivity contribution in [3.63, 3.8) is 0 Å². The standard InChI is InChI=1S/C13H13NO6/c1-4-14-10-8(12(16)19-3)5-7(11(15)18-2)6-9(10)13(17)20-14/h5-6H,4H2,1-3H3. The van der Waals surface area contributed by atoms with Crippen molar-refractivity contribution in [1.82, 2.24) is 4.74 Å². The third kappa shape index (κ3) is 2.07. The van der Waals surface area contributed by atoms with Crippen LogP contribution in [0.25, 0.3) is 10.9 Å². The number of hydrogen-bond acceptors (Lipinski definition) is 6. The SMILES string of the molecule is CCn1oc(=O)c2cc(C(=O)OC)cc(C(=O)OC)c21. The van der Waals surface area contributed by atoms with Crippen LogP contribution < -0.4 is 5.63 Å². The highest BCUT2D eigenvalue weighted by Gasteiger charge is 2.22. The number of esters is 2. The van der Waals surface area contributed by atoms with Crippen molar-refractivity contribution in [3.8, 4) is 0 Å². The zero-order chi connectivity index (χ0) is 14.9. The molecule has 1 aromatic carbocycles. The van der Waals surface area contributed by atoms with E-state index in [2.05, 4.69) is 9.47 Å². The van der Waals surface area contributed by atoms with Crippen molar-refractivity contribution in [2.45, 2.75) is 13.5 Å². The number of aryl methyl sites for hydroxylation is 1. The summed E-state index contributed by atoms with van der Waals surface area (Å²) in [6, 6.07) is 2.66. The van der Waals surface area contributed by atoms with Crippen LogP contribution in [0.1, 0.15) is 27.6 Å². The van der Waals surface area contributed by atoms with Gasteiger partial charge in [0.05, 0.1) is 37.3 Å². The highest BCUT2D eigenvalue weighted by Crippen LogP contribution is 2.21. The molecule has 20 heavy (non-hydrogen) atoms. The summed E-state index contributed by atoms with van der Waals surface area (Å²) in [4.78, 5) is 35.2. The number of ether oxygens (including phenoxy) is 2. The van der Waals surface area contributed by atoms with Gasteiger partial charge in [0.2, 0.25) is 0 Å². The van der Waals surface area contributed by atoms with E-state index in [0.717, 1.165) is 0 Å². The first kappa shape index (κ1) is 13.9. The fourth-order valence-corrected chi connectivity index (χ4v) is 1.98. The maximum atomic E-state index is 11.8. The molecular weight excluding hydrogens is 266 g/mol. The van der Waals surface area contributed by atoms with Crippen molar-refractivity contribution >= 4 is 22.8 Å². The van der Waals surface area contributed by atoms with Crippen molar-refractivity contribution in [3.05, 3.63) is 33.7 Å². The largest absolute Gasteiger partial charge is 0.465 e. The van der Waals surface area contributed by atoms with Gasteiger partial charge in [0, 0.05) is 0 Å². The molecule has 106 valence electrons. The molecule has 0 saturated carbocycles. The fraction of sp³-hybridized carbons (Fsp3) is 0.308. The summed E-state index contributed by atoms with van der Waals surface area (Å²) in [7, 11) is 2.43. The Morgan fingerprint density at radius 1 is 1.20 bits per heavy atom. The van der Waals surface area contributed by atoms with Gasteiger partial charge in [-0.25, -0.2) is 19.1 Å². The molecule has 7 heteroatoms. The Morgan fingerprint density at radius 2 is 1.85 bits per heavy atom. The molecule has 0 fully saturated rings. The van der Waals surface area contributed by atoms with Crippen molar-refractivity contribution in [2.75, 3.05) is 14.2 Å². The molecule has 7 nitrogen and oxygen atoms in total. The van der Waals surface area contributed by atoms with Gasteiger partial charge in [-0.1, -0.05) is 0 Å². The van der Waals surface area contributed by atoms with E-state index in [1.165, 1.54) is 31.1 Å². The van der Waals surface area contributed by atoms with E-state index in [1.54, 1.807) is 6.92 Å². The number of hydrogen-bond donors (Lipinski definition) is 0. The van der Waals surface area contributed by atoms with Gasteiger partial charge in [0.15, 0.2) is 0 Å². The second kappa shape index (κ2) is 5.20. The van der Waals surface area contributed by atoms with E-state index in [4.69, 9.17) is 4.52 Å². The maximum absolute atomic E-state index is 11.8. The Labute approximate surface area is 113 Å². The van der Waals surface area contributed by atoms with Gasteiger partial charge in [-0.3, -0.25) is 0 Å². The van der Waals surface area contributed by atoms with Gasteiger partial charge >= 0.3 is 17.6 Å². The van der Waals surface area contributed by atoms with Gasteiger partial charge in [-0.2, -0.15) is 0 Å². The minimum Gasteiger partial charge on any atom is -0.465 e. The number of carbonyl (C=O) groups excluding carboxylic acids is 2. The predicted molar refractivity (Wildman–Crippen MR) is 68.8 cm³/mol. The highest BCUT2D eigenvalue weighted by atomic mass is 16.5. The Morgan fingerprint density at radius 3 is 2.40 bits per heavy atom. The molecule has 0 bridgehead atoms. The monoisotopic (exact) mass is 279 g/mol. The zero-order valence-corrected chi connectivity index (χ0v) is 11.3. The highest BCUT2D eigenvalue weighted by molar-refractivity contribution is 6.06. The molecule has 0 amide bonds. The summed E-state index contributed by atoms with van der Waals surface area (Å²) < 4.78 is 15.6. The topological polar surface area (TPSA) is 87.7 Å². The van der Waals surface area contributed by atoms with Crippen molar-refractivity contribution in [2.24, 2.45) is 0 Å². The number of nitrogens with zero attached hydrogens (tertiary/aromatic N) is 1. The Bertz CT molecular complexity index is 739. The number of aromatic nitrogens is 1. The average molecular weight is 279 g/mol. The Hall–Kier alpha value is -2.57. The summed E-state index contributed by atoms with van der Waals surface area (Å²) in [6.07, 6.45) is 0. The van der Waals surface area contributed by atoms with E-state index >= 15 is 0 Å². The second-order valence-corrected chi connectivity index (χ2v) is 3.98. The Kier molecular flexibility index (Phi) is 3.60. The van der Waals surface area contributed by atoms with Gasteiger partial charge in [-0.05, 0) is 19.1 Å². The summed E-state index contributed by atoms with van der Waals surface area (Å²) in [5, 5.41) is 0.134. The quantitative estimate of drug-likeness (QED) is 0.784. The summed E-state index contributed by atoms with van der Waals surface area (Å²) in [6.45, 7) is 2.12. The molecule has 0 aliphatic heterocycles. The number of methoxy groups -OCH3 is 2. The van der Waals surface area contributed by atoms with Crippen LogP contribution in [0.3, 0.4) is 0 Å². The maximum Gasteiger partial charge on any atom is 0.365 e. The van der Waals surface area contributed by atoms with E-state index in [0.29, 0.717) is 12.1 Å². The zero-order valence-electron chi connectivity index (χ0n) is 11.3. The molecule has 1 aromatic heterocycles. The lowest BCUT2D eigenvalue weighted by Gasteiger charge is -2.06. The van der Waals surface area contributed by atoms with Crippen molar-refractivity contribution in [1.29, 1.82) is 0 Å². The third-order valence-electron chi connectivity index (χ3n) is 2.89. The van der Waals surface area contributed by atoms with Gasteiger partial charge in [-0.15, -0.1) is 0 Å². The van der Waals surface area contributed by atoms with E-state index < -0.39 is 17.6 Å². The molecule has 0 aliphatic carbocycles. The van der Waals surface area contributed by atoms with Crippen LogP contribution in [0.4, 0.5) is 0 Å². The first-order chi connectivity index (χ1) is 9.53. The molecule has 0 spiro atoms. The van der Waals surface area contributed by atoms with Gasteiger partial charge < -0.3 is 14.0 Å². The van der Waals surface area contributed by atoms with Crippen LogP contribution in [0.2, 0.25) is 0 Å². The van der Waals surface area contributed by atoms with E-state index in [1.807, 2.05) is 0 Å². The minimum atomic E-state index is -0.663. The number of rotatable bonds is 3. The normalized spacial score (nSPS) is 10.6. The summed E-state index contributed by atoms with van der Waals surface area (Å²) in [5.74, 6) is -1.32. The van der Waals surface area contributed by atoms with E-state index in [-0.39, 0.29) is 16.5 Å². The Balaban J connectivity index is 2.87. The van der Waals surface area contributed by atoms with Crippen LogP contribution in [-0.4, -0.2) is 30.9 Å². The van der Waals surface area contributed by atoms with Crippen LogP contribution >= 0.6 is 0 Å². The second-order valence-electron chi connectivity index (χ2n) is 3.98. The number of carbonyl (C=O) groups is 2. The minimum absolute atomic E-state index is 0.0816. The van der Waals surface area contributed by atoms with Crippen LogP contribution in [0.15, 0.2) is 21.5 Å². The predicted octanol–water partition coefficient (Wildman–Crippen LogP) is 1.19. The molecule has 0 N–H and O–H groups in total. The lowest BCUT2D eigenvalue weighted by atomic mass is 10.1. The molecule has 0 aliphatic rings. The first-order valence-corrected chi connectivity index (χ1v) is 5.88. The number of benzene rings is 1. The first-order valence-electron chi connectivity index (χ1n) is 5.88. The summed E-state index contributed by atoms with van der Waals surface area (Å²) in [5.41, 5.74) is -0.158. The van der Waals surface area contributed by atoms with Crippen LogP contribution in [0.5, 0.6) is 0 Å². The smallest absolute Gasteiger partial charge is 0.365 e. The van der Waals surface area contributed by atoms with Crippen LogP contribution in [-0.2, 0) is 16.0 Å². The molecule has 2 aromatic rings. The summed E-state index contributed by atoms with van der Waals surface area (Å²) >= 11 is 0. The average Bonchev–Trinajstić information content (AvgIpc) is 2.81. The molecular formula is C13H13NO6. The number of fused-ring (bicyclic) bond motifs is 1. The molecule has 0 atom stereocenters. The van der Waals surface area contributed by atoms with E-state index in [9.17, 15) is 14.4 Å².